The summed E-state index contributed by atoms with van der Waals surface area (Å²) < 4.78 is 5.34. The fraction of sp³-hybridized carbons (Fsp3) is 0.292. The van der Waals surface area contributed by atoms with Gasteiger partial charge in [0.15, 0.2) is 0 Å². The van der Waals surface area contributed by atoms with Gasteiger partial charge in [-0.25, -0.2) is 9.97 Å². The van der Waals surface area contributed by atoms with E-state index >= 15 is 0 Å². The Bertz CT molecular complexity index is 1180. The lowest BCUT2D eigenvalue weighted by atomic mass is 10.1. The molecule has 1 aromatic carbocycles. The van der Waals surface area contributed by atoms with Crippen LogP contribution in [0.2, 0.25) is 0 Å². The van der Waals surface area contributed by atoms with Gasteiger partial charge in [-0.15, -0.1) is 0 Å². The first-order chi connectivity index (χ1) is 16.1. The smallest absolute Gasteiger partial charge is 0.237 e. The molecule has 168 valence electrons. The fourth-order valence-corrected chi connectivity index (χ4v) is 4.19. The largest absolute Gasteiger partial charge is 0.480 e. The third kappa shape index (κ3) is 4.21. The molecule has 0 radical (unpaired) electrons. The maximum absolute atomic E-state index is 12.2. The summed E-state index contributed by atoms with van der Waals surface area (Å²) in [6, 6.07) is 9.62. The fourth-order valence-electron chi connectivity index (χ4n) is 4.19. The quantitative estimate of drug-likeness (QED) is 0.621. The van der Waals surface area contributed by atoms with Crippen molar-refractivity contribution in [2.75, 3.05) is 35.3 Å². The monoisotopic (exact) mass is 444 g/mol. The molecule has 3 aromatic rings. The van der Waals surface area contributed by atoms with Crippen LogP contribution in [-0.2, 0) is 9.59 Å². The summed E-state index contributed by atoms with van der Waals surface area (Å²) in [6.07, 6.45) is 7.85. The first-order valence-corrected chi connectivity index (χ1v) is 11.0. The molecule has 0 bridgehead atoms. The second-order valence-electron chi connectivity index (χ2n) is 8.01. The van der Waals surface area contributed by atoms with Gasteiger partial charge in [0.25, 0.3) is 0 Å². The molecule has 2 fully saturated rings. The van der Waals surface area contributed by atoms with Gasteiger partial charge in [0.05, 0.1) is 37.1 Å². The number of carbonyl (C=O) groups excluding carboxylic acids is 2. The maximum Gasteiger partial charge on any atom is 0.237 e. The molecule has 0 saturated carbocycles. The highest BCUT2D eigenvalue weighted by atomic mass is 16.5. The Kier molecular flexibility index (Phi) is 5.60. The van der Waals surface area contributed by atoms with Gasteiger partial charge < -0.3 is 19.9 Å². The van der Waals surface area contributed by atoms with Crippen molar-refractivity contribution in [1.82, 2.24) is 15.0 Å². The molecule has 2 saturated heterocycles. The normalized spacial score (nSPS) is 15.9. The van der Waals surface area contributed by atoms with E-state index in [1.807, 2.05) is 35.2 Å². The van der Waals surface area contributed by atoms with Crippen molar-refractivity contribution in [1.29, 1.82) is 0 Å². The third-order valence-electron chi connectivity index (χ3n) is 5.86. The number of hydrogen-bond acceptors (Lipinski definition) is 7. The second-order valence-corrected chi connectivity index (χ2v) is 8.01. The van der Waals surface area contributed by atoms with Crippen molar-refractivity contribution in [3.8, 4) is 17.1 Å². The highest BCUT2D eigenvalue weighted by Gasteiger charge is 2.25. The Morgan fingerprint density at radius 2 is 1.61 bits per heavy atom. The number of methoxy groups -OCH3 is 1. The van der Waals surface area contributed by atoms with Crippen LogP contribution in [0.3, 0.4) is 0 Å². The number of ether oxygens (including phenoxy) is 1. The Hall–Kier alpha value is -4.01. The number of rotatable bonds is 6. The first kappa shape index (κ1) is 20.9. The van der Waals surface area contributed by atoms with Crippen molar-refractivity contribution >= 4 is 34.7 Å². The maximum atomic E-state index is 12.2. The number of benzene rings is 1. The van der Waals surface area contributed by atoms with Crippen molar-refractivity contribution < 1.29 is 14.3 Å². The zero-order valence-corrected chi connectivity index (χ0v) is 18.3. The number of nitrogens with zero attached hydrogens (tertiary/aromatic N) is 5. The standard InChI is InChI=1S/C24H24N6O3/c1-33-24-20(30-11-3-5-23(30)32)12-17(13-27-24)28-21-15-25-19(14-26-21)16-6-8-18(9-7-16)29-10-2-4-22(29)31/h6-9,12-15H,2-5,10-11H2,1H3,(H,26,28). The molecule has 4 heterocycles. The Morgan fingerprint density at radius 3 is 2.21 bits per heavy atom. The van der Waals surface area contributed by atoms with E-state index in [0.717, 1.165) is 36.3 Å². The van der Waals surface area contributed by atoms with Gasteiger partial charge in [0, 0.05) is 37.2 Å². The molecule has 9 nitrogen and oxygen atoms in total. The molecule has 0 aliphatic carbocycles. The highest BCUT2D eigenvalue weighted by molar-refractivity contribution is 5.97. The molecule has 2 amide bonds. The molecule has 9 heteroatoms. The van der Waals surface area contributed by atoms with E-state index in [0.29, 0.717) is 42.5 Å². The lowest BCUT2D eigenvalue weighted by Gasteiger charge is -2.19. The summed E-state index contributed by atoms with van der Waals surface area (Å²) in [5.74, 6) is 1.21. The van der Waals surface area contributed by atoms with Crippen molar-refractivity contribution in [2.45, 2.75) is 25.7 Å². The molecule has 2 aromatic heterocycles. The predicted molar refractivity (Wildman–Crippen MR) is 125 cm³/mol. The van der Waals surface area contributed by atoms with Gasteiger partial charge in [-0.1, -0.05) is 12.1 Å². The predicted octanol–water partition coefficient (Wildman–Crippen LogP) is 3.54. The third-order valence-corrected chi connectivity index (χ3v) is 5.86. The molecular formula is C24H24N6O3. The molecule has 2 aliphatic heterocycles. The second kappa shape index (κ2) is 8.85. The molecular weight excluding hydrogens is 420 g/mol. The summed E-state index contributed by atoms with van der Waals surface area (Å²) in [6.45, 7) is 1.42. The summed E-state index contributed by atoms with van der Waals surface area (Å²) in [4.78, 5) is 40.9. The molecule has 0 atom stereocenters. The van der Waals surface area contributed by atoms with Crippen LogP contribution in [0.4, 0.5) is 22.9 Å². The topological polar surface area (TPSA) is 101 Å². The van der Waals surface area contributed by atoms with Crippen LogP contribution in [0.1, 0.15) is 25.7 Å². The van der Waals surface area contributed by atoms with Gasteiger partial charge in [0.2, 0.25) is 17.7 Å². The van der Waals surface area contributed by atoms with Gasteiger partial charge in [-0.2, -0.15) is 0 Å². The van der Waals surface area contributed by atoms with Crippen LogP contribution in [0.15, 0.2) is 48.9 Å². The van der Waals surface area contributed by atoms with E-state index in [2.05, 4.69) is 20.3 Å². The van der Waals surface area contributed by atoms with Crippen molar-refractivity contribution in [2.24, 2.45) is 0 Å². The SMILES string of the molecule is COc1ncc(Nc2cnc(-c3ccc(N4CCCC4=O)cc3)cn2)cc1N1CCCC1=O. The number of nitrogens with one attached hydrogen (secondary N) is 1. The Labute approximate surface area is 191 Å². The molecule has 5 rings (SSSR count). The summed E-state index contributed by atoms with van der Waals surface area (Å²) in [5.41, 5.74) is 3.89. The van der Waals surface area contributed by atoms with Crippen LogP contribution in [0.5, 0.6) is 5.88 Å². The Balaban J connectivity index is 1.31. The molecule has 0 spiro atoms. The number of amides is 2. The van der Waals surface area contributed by atoms with Crippen LogP contribution in [0, 0.1) is 0 Å². The molecule has 1 N–H and O–H groups in total. The number of carbonyl (C=O) groups is 2. The summed E-state index contributed by atoms with van der Waals surface area (Å²) >= 11 is 0. The van der Waals surface area contributed by atoms with E-state index in [1.54, 1.807) is 30.6 Å². The average molecular weight is 444 g/mol. The lowest BCUT2D eigenvalue weighted by molar-refractivity contribution is -0.117. The number of anilines is 4. The van der Waals surface area contributed by atoms with Crippen LogP contribution in [-0.4, -0.2) is 47.0 Å². The van der Waals surface area contributed by atoms with E-state index in [1.165, 1.54) is 0 Å². The summed E-state index contributed by atoms with van der Waals surface area (Å²) in [7, 11) is 1.54. The van der Waals surface area contributed by atoms with E-state index in [4.69, 9.17) is 4.74 Å². The minimum atomic E-state index is 0.0662. The summed E-state index contributed by atoms with van der Waals surface area (Å²) in [5, 5.41) is 3.19. The van der Waals surface area contributed by atoms with Crippen LogP contribution >= 0.6 is 0 Å². The zero-order valence-electron chi connectivity index (χ0n) is 18.3. The van der Waals surface area contributed by atoms with E-state index in [9.17, 15) is 9.59 Å². The minimum Gasteiger partial charge on any atom is -0.480 e. The lowest BCUT2D eigenvalue weighted by Crippen LogP contribution is -2.24. The number of aromatic nitrogens is 3. The molecule has 0 unspecified atom stereocenters. The van der Waals surface area contributed by atoms with Gasteiger partial charge in [-0.05, 0) is 31.0 Å². The number of pyridine rings is 1. The Morgan fingerprint density at radius 1 is 0.879 bits per heavy atom. The van der Waals surface area contributed by atoms with E-state index < -0.39 is 0 Å². The zero-order chi connectivity index (χ0) is 22.8. The van der Waals surface area contributed by atoms with E-state index in [-0.39, 0.29) is 11.8 Å². The highest BCUT2D eigenvalue weighted by Crippen LogP contribution is 2.33. The van der Waals surface area contributed by atoms with Crippen LogP contribution < -0.4 is 19.9 Å². The minimum absolute atomic E-state index is 0.0662. The van der Waals surface area contributed by atoms with Gasteiger partial charge in [-0.3, -0.25) is 14.6 Å². The van der Waals surface area contributed by atoms with Gasteiger partial charge >= 0.3 is 0 Å². The van der Waals surface area contributed by atoms with Crippen molar-refractivity contribution in [3.05, 3.63) is 48.9 Å². The number of hydrogen-bond donors (Lipinski definition) is 1. The van der Waals surface area contributed by atoms with Crippen LogP contribution in [0.25, 0.3) is 11.3 Å². The molecule has 2 aliphatic rings. The first-order valence-electron chi connectivity index (χ1n) is 11.0. The molecule has 33 heavy (non-hydrogen) atoms. The average Bonchev–Trinajstić information content (AvgIpc) is 3.47. The van der Waals surface area contributed by atoms with Gasteiger partial charge in [0.1, 0.15) is 11.5 Å². The van der Waals surface area contributed by atoms with Crippen molar-refractivity contribution in [3.63, 3.8) is 0 Å².